The van der Waals surface area contributed by atoms with Crippen molar-refractivity contribution in [3.63, 3.8) is 0 Å². The minimum absolute atomic E-state index is 0.166. The largest absolute Gasteiger partial charge is 0.482 e. The molecule has 1 rings (SSSR count). The second kappa shape index (κ2) is 7.18. The Hall–Kier alpha value is -1.33. The lowest BCUT2D eigenvalue weighted by molar-refractivity contribution is -0.385. The summed E-state index contributed by atoms with van der Waals surface area (Å²) in [4.78, 5) is 10.3. The van der Waals surface area contributed by atoms with Crippen molar-refractivity contribution in [2.45, 2.75) is 0 Å². The van der Waals surface area contributed by atoms with Gasteiger partial charge in [-0.2, -0.15) is 5.26 Å². The average Bonchev–Trinajstić information content (AvgIpc) is 2.35. The van der Waals surface area contributed by atoms with Gasteiger partial charge in [0.2, 0.25) is 5.75 Å². The topological polar surface area (TPSA) is 76.2 Å². The molecule has 0 saturated heterocycles. The number of hydrogen-bond acceptors (Lipinski definition) is 4. The van der Waals surface area contributed by atoms with Gasteiger partial charge < -0.3 is 4.74 Å². The summed E-state index contributed by atoms with van der Waals surface area (Å²) in [5.74, 6) is 0.523. The third kappa shape index (κ3) is 3.85. The van der Waals surface area contributed by atoms with Crippen molar-refractivity contribution < 1.29 is 9.66 Å². The molecule has 5 nitrogen and oxygen atoms in total. The molecular formula is C11H8ClIN2O3. The van der Waals surface area contributed by atoms with Gasteiger partial charge in [-0.1, -0.05) is 12.2 Å². The number of nitrogens with zero attached hydrogens (tertiary/aromatic N) is 2. The number of nitro benzene ring substituents is 1. The Labute approximate surface area is 122 Å². The van der Waals surface area contributed by atoms with E-state index in [0.717, 1.165) is 0 Å². The van der Waals surface area contributed by atoms with Gasteiger partial charge in [0.05, 0.1) is 20.1 Å². The van der Waals surface area contributed by atoms with Crippen LogP contribution >= 0.6 is 34.2 Å². The van der Waals surface area contributed by atoms with E-state index in [1.54, 1.807) is 12.2 Å². The van der Waals surface area contributed by atoms with Crippen molar-refractivity contribution in [3.05, 3.63) is 43.5 Å². The fourth-order valence-electron chi connectivity index (χ4n) is 1.18. The number of alkyl halides is 1. The lowest BCUT2D eigenvalue weighted by Crippen LogP contribution is -2.01. The predicted octanol–water partition coefficient (Wildman–Crippen LogP) is 3.24. The highest BCUT2D eigenvalue weighted by Crippen LogP contribution is 2.33. The van der Waals surface area contributed by atoms with Crippen molar-refractivity contribution in [1.82, 2.24) is 0 Å². The summed E-state index contributed by atoms with van der Waals surface area (Å²) in [5, 5.41) is 19.7. The maximum atomic E-state index is 10.9. The summed E-state index contributed by atoms with van der Waals surface area (Å²) < 4.78 is 5.85. The van der Waals surface area contributed by atoms with Crippen molar-refractivity contribution in [3.8, 4) is 11.8 Å². The number of nitriles is 1. The van der Waals surface area contributed by atoms with Crippen molar-refractivity contribution >= 4 is 39.9 Å². The molecule has 0 saturated carbocycles. The minimum Gasteiger partial charge on any atom is -0.482 e. The van der Waals surface area contributed by atoms with Gasteiger partial charge >= 0.3 is 5.69 Å². The maximum Gasteiger partial charge on any atom is 0.313 e. The lowest BCUT2D eigenvalue weighted by Gasteiger charge is -2.07. The van der Waals surface area contributed by atoms with Gasteiger partial charge in [-0.15, -0.1) is 11.6 Å². The SMILES string of the molecule is N#Cc1cc(I)c(OCC=CCCl)c([N+](=O)[O-])c1. The van der Waals surface area contributed by atoms with E-state index in [1.165, 1.54) is 12.1 Å². The van der Waals surface area contributed by atoms with Crippen LogP contribution in [0.5, 0.6) is 5.75 Å². The molecule has 94 valence electrons. The van der Waals surface area contributed by atoms with Gasteiger partial charge in [-0.25, -0.2) is 0 Å². The molecule has 1 aromatic carbocycles. The Kier molecular flexibility index (Phi) is 5.88. The van der Waals surface area contributed by atoms with Crippen LogP contribution in [0.15, 0.2) is 24.3 Å². The molecule has 0 atom stereocenters. The molecule has 0 aliphatic rings. The molecule has 0 N–H and O–H groups in total. The predicted molar refractivity (Wildman–Crippen MR) is 75.9 cm³/mol. The van der Waals surface area contributed by atoms with E-state index in [0.29, 0.717) is 9.45 Å². The lowest BCUT2D eigenvalue weighted by atomic mass is 10.2. The number of ether oxygens (including phenoxy) is 1. The van der Waals surface area contributed by atoms with Crippen LogP contribution < -0.4 is 4.74 Å². The zero-order valence-corrected chi connectivity index (χ0v) is 12.0. The fourth-order valence-corrected chi connectivity index (χ4v) is 2.08. The fraction of sp³-hybridized carbons (Fsp3) is 0.182. The highest BCUT2D eigenvalue weighted by atomic mass is 127. The minimum atomic E-state index is -0.566. The first kappa shape index (κ1) is 14.7. The number of benzene rings is 1. The molecular weight excluding hydrogens is 370 g/mol. The van der Waals surface area contributed by atoms with Crippen LogP contribution in [0.4, 0.5) is 5.69 Å². The Balaban J connectivity index is 3.06. The van der Waals surface area contributed by atoms with Crippen molar-refractivity contribution in [1.29, 1.82) is 5.26 Å². The van der Waals surface area contributed by atoms with E-state index in [9.17, 15) is 10.1 Å². The number of rotatable bonds is 5. The molecule has 7 heteroatoms. The molecule has 0 heterocycles. The standard InChI is InChI=1S/C11H8ClIN2O3/c12-3-1-2-4-18-11-9(13)5-8(7-14)6-10(11)15(16)17/h1-2,5-6H,3-4H2. The Morgan fingerprint density at radius 1 is 1.56 bits per heavy atom. The van der Waals surface area contributed by atoms with Gasteiger partial charge in [-0.3, -0.25) is 10.1 Å². The maximum absolute atomic E-state index is 10.9. The first-order valence-electron chi connectivity index (χ1n) is 4.82. The smallest absolute Gasteiger partial charge is 0.313 e. The molecule has 1 aromatic rings. The second-order valence-electron chi connectivity index (χ2n) is 3.11. The van der Waals surface area contributed by atoms with Crippen LogP contribution in [-0.2, 0) is 0 Å². The van der Waals surface area contributed by atoms with Crippen LogP contribution in [0.25, 0.3) is 0 Å². The van der Waals surface area contributed by atoms with Gasteiger partial charge in [0, 0.05) is 11.9 Å². The van der Waals surface area contributed by atoms with Crippen molar-refractivity contribution in [2.24, 2.45) is 0 Å². The number of hydrogen-bond donors (Lipinski definition) is 0. The first-order chi connectivity index (χ1) is 8.60. The molecule has 0 fully saturated rings. The summed E-state index contributed by atoms with van der Waals surface area (Å²) >= 11 is 7.35. The quantitative estimate of drug-likeness (QED) is 0.259. The molecule has 18 heavy (non-hydrogen) atoms. The summed E-state index contributed by atoms with van der Waals surface area (Å²) in [6.45, 7) is 0.190. The van der Waals surface area contributed by atoms with Crippen LogP contribution in [0.3, 0.4) is 0 Å². The molecule has 0 unspecified atom stereocenters. The number of nitro groups is 1. The van der Waals surface area contributed by atoms with E-state index in [2.05, 4.69) is 0 Å². The number of allylic oxidation sites excluding steroid dienone is 1. The van der Waals surface area contributed by atoms with Crippen molar-refractivity contribution in [2.75, 3.05) is 12.5 Å². The zero-order chi connectivity index (χ0) is 13.5. The third-order valence-corrected chi connectivity index (χ3v) is 2.91. The second-order valence-corrected chi connectivity index (χ2v) is 4.58. The van der Waals surface area contributed by atoms with Crippen LogP contribution in [0, 0.1) is 25.0 Å². The highest BCUT2D eigenvalue weighted by Gasteiger charge is 2.19. The Morgan fingerprint density at radius 2 is 2.28 bits per heavy atom. The van der Waals surface area contributed by atoms with E-state index in [4.69, 9.17) is 21.6 Å². The molecule has 0 aliphatic heterocycles. The monoisotopic (exact) mass is 378 g/mol. The molecule has 0 bridgehead atoms. The highest BCUT2D eigenvalue weighted by molar-refractivity contribution is 14.1. The summed E-state index contributed by atoms with van der Waals surface area (Å²) in [6, 6.07) is 4.60. The molecule has 0 aromatic heterocycles. The van der Waals surface area contributed by atoms with E-state index < -0.39 is 4.92 Å². The van der Waals surface area contributed by atoms with Crippen LogP contribution in [0.2, 0.25) is 0 Å². The van der Waals surface area contributed by atoms with Gasteiger partial charge in [0.15, 0.2) is 0 Å². The molecule has 0 amide bonds. The third-order valence-electron chi connectivity index (χ3n) is 1.93. The van der Waals surface area contributed by atoms with E-state index in [-0.39, 0.29) is 23.6 Å². The molecule has 0 aliphatic carbocycles. The van der Waals surface area contributed by atoms with Gasteiger partial charge in [-0.05, 0) is 28.7 Å². The first-order valence-corrected chi connectivity index (χ1v) is 6.43. The Morgan fingerprint density at radius 3 is 2.83 bits per heavy atom. The average molecular weight is 379 g/mol. The van der Waals surface area contributed by atoms with Crippen LogP contribution in [0.1, 0.15) is 5.56 Å². The van der Waals surface area contributed by atoms with E-state index in [1.807, 2.05) is 28.7 Å². The Bertz CT molecular complexity index is 526. The summed E-state index contributed by atoms with van der Waals surface area (Å²) in [7, 11) is 0. The summed E-state index contributed by atoms with van der Waals surface area (Å²) in [5.41, 5.74) is 0.0208. The zero-order valence-electron chi connectivity index (χ0n) is 9.10. The normalized spacial score (nSPS) is 10.3. The number of halogens is 2. The van der Waals surface area contributed by atoms with E-state index >= 15 is 0 Å². The summed E-state index contributed by atoms with van der Waals surface area (Å²) in [6.07, 6.45) is 3.36. The van der Waals surface area contributed by atoms with Gasteiger partial charge in [0.1, 0.15) is 6.61 Å². The van der Waals surface area contributed by atoms with Crippen LogP contribution in [-0.4, -0.2) is 17.4 Å². The molecule has 0 spiro atoms. The van der Waals surface area contributed by atoms with Gasteiger partial charge in [0.25, 0.3) is 0 Å². The molecule has 0 radical (unpaired) electrons.